The Balaban J connectivity index is 2.05. The van der Waals surface area contributed by atoms with Gasteiger partial charge in [-0.2, -0.15) is 5.10 Å². The van der Waals surface area contributed by atoms with Crippen LogP contribution in [0.1, 0.15) is 58.7 Å². The molecule has 1 unspecified atom stereocenters. The van der Waals surface area contributed by atoms with E-state index in [9.17, 15) is 0 Å². The molecule has 120 valence electrons. The zero-order chi connectivity index (χ0) is 15.3. The fourth-order valence-electron chi connectivity index (χ4n) is 2.93. The summed E-state index contributed by atoms with van der Waals surface area (Å²) in [5, 5.41) is 8.42. The van der Waals surface area contributed by atoms with Crippen molar-refractivity contribution < 1.29 is 4.74 Å². The van der Waals surface area contributed by atoms with Crippen molar-refractivity contribution in [1.82, 2.24) is 15.1 Å². The van der Waals surface area contributed by atoms with Crippen LogP contribution in [-0.2, 0) is 11.2 Å². The summed E-state index contributed by atoms with van der Waals surface area (Å²) in [6.07, 6.45) is 6.56. The van der Waals surface area contributed by atoms with E-state index in [1.807, 2.05) is 0 Å². The molecule has 1 atom stereocenters. The summed E-state index contributed by atoms with van der Waals surface area (Å²) >= 11 is 0. The first kappa shape index (κ1) is 16.5. The Bertz CT molecular complexity index is 421. The molecule has 1 aliphatic rings. The van der Waals surface area contributed by atoms with Gasteiger partial charge in [0.05, 0.1) is 5.69 Å². The van der Waals surface area contributed by atoms with E-state index in [1.54, 1.807) is 0 Å². The molecule has 0 aliphatic carbocycles. The number of hydrogen-bond acceptors (Lipinski definition) is 3. The second-order valence-electron chi connectivity index (χ2n) is 6.87. The van der Waals surface area contributed by atoms with E-state index in [0.717, 1.165) is 45.4 Å². The lowest BCUT2D eigenvalue weighted by Crippen LogP contribution is -2.43. The molecule has 0 amide bonds. The SMILES string of the molecule is CCC(C)n1ccc(CC2(CNC(C)C)CCOCC2)n1. The Morgan fingerprint density at radius 2 is 2.05 bits per heavy atom. The van der Waals surface area contributed by atoms with Crippen molar-refractivity contribution in [2.75, 3.05) is 19.8 Å². The summed E-state index contributed by atoms with van der Waals surface area (Å²) in [4.78, 5) is 0. The molecule has 1 fully saturated rings. The van der Waals surface area contributed by atoms with Crippen LogP contribution in [-0.4, -0.2) is 35.6 Å². The van der Waals surface area contributed by atoms with Gasteiger partial charge in [0.1, 0.15) is 0 Å². The average Bonchev–Trinajstić information content (AvgIpc) is 2.94. The number of nitrogens with one attached hydrogen (secondary N) is 1. The van der Waals surface area contributed by atoms with E-state index < -0.39 is 0 Å². The number of nitrogens with zero attached hydrogens (tertiary/aromatic N) is 2. The summed E-state index contributed by atoms with van der Waals surface area (Å²) < 4.78 is 7.69. The predicted molar refractivity (Wildman–Crippen MR) is 86.6 cm³/mol. The fraction of sp³-hybridized carbons (Fsp3) is 0.824. The topological polar surface area (TPSA) is 39.1 Å². The number of aromatic nitrogens is 2. The molecule has 2 heterocycles. The van der Waals surface area contributed by atoms with Gasteiger partial charge in [0, 0.05) is 38.0 Å². The molecule has 0 spiro atoms. The van der Waals surface area contributed by atoms with E-state index in [1.165, 1.54) is 5.69 Å². The van der Waals surface area contributed by atoms with Crippen LogP contribution in [0.15, 0.2) is 12.3 Å². The molecule has 1 aromatic heterocycles. The normalized spacial score (nSPS) is 19.9. The molecule has 0 saturated carbocycles. The van der Waals surface area contributed by atoms with Crippen molar-refractivity contribution in [1.29, 1.82) is 0 Å². The largest absolute Gasteiger partial charge is 0.381 e. The van der Waals surface area contributed by atoms with Crippen molar-refractivity contribution in [3.05, 3.63) is 18.0 Å². The maximum Gasteiger partial charge on any atom is 0.0630 e. The molecule has 0 aromatic carbocycles. The highest BCUT2D eigenvalue weighted by atomic mass is 16.5. The van der Waals surface area contributed by atoms with Crippen molar-refractivity contribution in [3.63, 3.8) is 0 Å². The Morgan fingerprint density at radius 1 is 1.33 bits per heavy atom. The lowest BCUT2D eigenvalue weighted by molar-refractivity contribution is 0.0135. The first-order chi connectivity index (χ1) is 10.0. The summed E-state index contributed by atoms with van der Waals surface area (Å²) in [5.74, 6) is 0. The van der Waals surface area contributed by atoms with E-state index in [0.29, 0.717) is 17.5 Å². The van der Waals surface area contributed by atoms with Gasteiger partial charge in [0.25, 0.3) is 0 Å². The van der Waals surface area contributed by atoms with Gasteiger partial charge in [-0.05, 0) is 44.1 Å². The van der Waals surface area contributed by atoms with Gasteiger partial charge in [-0.15, -0.1) is 0 Å². The smallest absolute Gasteiger partial charge is 0.0630 e. The van der Waals surface area contributed by atoms with E-state index in [4.69, 9.17) is 9.84 Å². The van der Waals surface area contributed by atoms with E-state index in [2.05, 4.69) is 50.0 Å². The second-order valence-corrected chi connectivity index (χ2v) is 6.87. The van der Waals surface area contributed by atoms with E-state index in [-0.39, 0.29) is 0 Å². The molecule has 4 nitrogen and oxygen atoms in total. The predicted octanol–water partition coefficient (Wildman–Crippen LogP) is 3.19. The third-order valence-electron chi connectivity index (χ3n) is 4.70. The molecule has 1 saturated heterocycles. The molecule has 1 N–H and O–H groups in total. The maximum atomic E-state index is 5.58. The average molecular weight is 293 g/mol. The Hall–Kier alpha value is -0.870. The van der Waals surface area contributed by atoms with Crippen LogP contribution in [0.2, 0.25) is 0 Å². The standard InChI is InChI=1S/C17H31N3O/c1-5-15(4)20-9-6-16(19-20)12-17(13-18-14(2)3)7-10-21-11-8-17/h6,9,14-15,18H,5,7-8,10-13H2,1-4H3. The van der Waals surface area contributed by atoms with Crippen molar-refractivity contribution in [2.24, 2.45) is 5.41 Å². The summed E-state index contributed by atoms with van der Waals surface area (Å²) in [6.45, 7) is 11.7. The minimum absolute atomic E-state index is 0.303. The highest BCUT2D eigenvalue weighted by Crippen LogP contribution is 2.33. The number of hydrogen-bond donors (Lipinski definition) is 1. The highest BCUT2D eigenvalue weighted by Gasteiger charge is 2.33. The van der Waals surface area contributed by atoms with Crippen LogP contribution < -0.4 is 5.32 Å². The Morgan fingerprint density at radius 3 is 2.67 bits per heavy atom. The summed E-state index contributed by atoms with van der Waals surface area (Å²) in [5.41, 5.74) is 1.53. The molecular weight excluding hydrogens is 262 g/mol. The zero-order valence-electron chi connectivity index (χ0n) is 14.1. The zero-order valence-corrected chi connectivity index (χ0v) is 14.1. The van der Waals surface area contributed by atoms with Crippen LogP contribution in [0.4, 0.5) is 0 Å². The van der Waals surface area contributed by atoms with Gasteiger partial charge >= 0.3 is 0 Å². The molecule has 21 heavy (non-hydrogen) atoms. The molecule has 1 aromatic rings. The first-order valence-corrected chi connectivity index (χ1v) is 8.40. The fourth-order valence-corrected chi connectivity index (χ4v) is 2.93. The first-order valence-electron chi connectivity index (χ1n) is 8.40. The molecular formula is C17H31N3O. The van der Waals surface area contributed by atoms with Crippen molar-refractivity contribution in [2.45, 2.75) is 65.5 Å². The monoisotopic (exact) mass is 293 g/mol. The van der Waals surface area contributed by atoms with Gasteiger partial charge < -0.3 is 10.1 Å². The minimum atomic E-state index is 0.303. The third kappa shape index (κ3) is 4.55. The molecule has 4 heteroatoms. The van der Waals surface area contributed by atoms with Gasteiger partial charge in [-0.3, -0.25) is 4.68 Å². The highest BCUT2D eigenvalue weighted by molar-refractivity contribution is 5.05. The van der Waals surface area contributed by atoms with E-state index >= 15 is 0 Å². The van der Waals surface area contributed by atoms with Gasteiger partial charge in [-0.1, -0.05) is 20.8 Å². The number of rotatable bonds is 7. The quantitative estimate of drug-likeness (QED) is 0.839. The molecule has 0 radical (unpaired) electrons. The summed E-state index contributed by atoms with van der Waals surface area (Å²) in [6, 6.07) is 3.21. The van der Waals surface area contributed by atoms with Gasteiger partial charge in [0.2, 0.25) is 0 Å². The lowest BCUT2D eigenvalue weighted by atomic mass is 9.76. The van der Waals surface area contributed by atoms with Crippen LogP contribution >= 0.6 is 0 Å². The lowest BCUT2D eigenvalue weighted by Gasteiger charge is -2.37. The maximum absolute atomic E-state index is 5.58. The molecule has 2 rings (SSSR count). The molecule has 1 aliphatic heterocycles. The molecule has 0 bridgehead atoms. The van der Waals surface area contributed by atoms with Crippen molar-refractivity contribution in [3.8, 4) is 0 Å². The number of ether oxygens (including phenoxy) is 1. The summed E-state index contributed by atoms with van der Waals surface area (Å²) in [7, 11) is 0. The second kappa shape index (κ2) is 7.41. The minimum Gasteiger partial charge on any atom is -0.381 e. The van der Waals surface area contributed by atoms with Crippen LogP contribution in [0, 0.1) is 5.41 Å². The van der Waals surface area contributed by atoms with Gasteiger partial charge in [0.15, 0.2) is 0 Å². The van der Waals surface area contributed by atoms with Crippen molar-refractivity contribution >= 4 is 0 Å². The third-order valence-corrected chi connectivity index (χ3v) is 4.70. The Kier molecular flexibility index (Phi) is 5.82. The van der Waals surface area contributed by atoms with Gasteiger partial charge in [-0.25, -0.2) is 0 Å². The Labute approximate surface area is 129 Å². The van der Waals surface area contributed by atoms with Crippen LogP contribution in [0.5, 0.6) is 0 Å². The van der Waals surface area contributed by atoms with Crippen LogP contribution in [0.25, 0.3) is 0 Å². The van der Waals surface area contributed by atoms with Crippen LogP contribution in [0.3, 0.4) is 0 Å².